The molecule has 2 atom stereocenters. The maximum atomic E-state index is 12.2. The molecule has 1 heterocycles. The van der Waals surface area contributed by atoms with Gasteiger partial charge in [-0.25, -0.2) is 12.7 Å². The Kier molecular flexibility index (Phi) is 5.46. The number of hydrogen-bond donors (Lipinski definition) is 1. The molecule has 9 heteroatoms. The van der Waals surface area contributed by atoms with Crippen molar-refractivity contribution in [3.8, 4) is 0 Å². The molecule has 1 saturated heterocycles. The first-order valence-corrected chi connectivity index (χ1v) is 9.30. The quantitative estimate of drug-likeness (QED) is 0.631. The zero-order valence-electron chi connectivity index (χ0n) is 14.2. The van der Waals surface area contributed by atoms with Crippen molar-refractivity contribution in [2.24, 2.45) is 11.7 Å². The van der Waals surface area contributed by atoms with Crippen molar-refractivity contribution in [3.63, 3.8) is 0 Å². The lowest BCUT2D eigenvalue weighted by atomic mass is 9.92. The zero-order chi connectivity index (χ0) is 18.1. The minimum absolute atomic E-state index is 0.0141. The van der Waals surface area contributed by atoms with Crippen molar-refractivity contribution in [2.75, 3.05) is 32.1 Å². The van der Waals surface area contributed by atoms with Crippen molar-refractivity contribution < 1.29 is 13.3 Å². The van der Waals surface area contributed by atoms with E-state index in [9.17, 15) is 18.5 Å². The second-order valence-corrected chi connectivity index (χ2v) is 8.55. The van der Waals surface area contributed by atoms with Gasteiger partial charge in [0.2, 0.25) is 10.0 Å². The molecule has 8 nitrogen and oxygen atoms in total. The number of nitrogens with two attached hydrogens (primary N) is 1. The highest BCUT2D eigenvalue weighted by molar-refractivity contribution is 7.89. The first kappa shape index (κ1) is 18.6. The van der Waals surface area contributed by atoms with Crippen LogP contribution in [0.25, 0.3) is 0 Å². The fourth-order valence-corrected chi connectivity index (χ4v) is 3.87. The summed E-state index contributed by atoms with van der Waals surface area (Å²) in [4.78, 5) is 12.8. The maximum Gasteiger partial charge on any atom is 0.293 e. The van der Waals surface area contributed by atoms with Gasteiger partial charge < -0.3 is 10.6 Å². The van der Waals surface area contributed by atoms with E-state index in [1.54, 1.807) is 0 Å². The lowest BCUT2D eigenvalue weighted by Gasteiger charge is -2.35. The normalized spacial score (nSPS) is 20.2. The summed E-state index contributed by atoms with van der Waals surface area (Å²) in [5.74, 6) is 0.267. The van der Waals surface area contributed by atoms with Gasteiger partial charge in [-0.05, 0) is 37.8 Å². The molecule has 134 valence electrons. The van der Waals surface area contributed by atoms with Crippen LogP contribution in [0.2, 0.25) is 0 Å². The summed E-state index contributed by atoms with van der Waals surface area (Å²) in [6.07, 6.45) is 1.90. The first-order valence-electron chi connectivity index (χ1n) is 7.86. The summed E-state index contributed by atoms with van der Waals surface area (Å²) in [5, 5.41) is 11.5. The second kappa shape index (κ2) is 7.04. The number of sulfonamides is 1. The fourth-order valence-electron chi connectivity index (χ4n) is 2.95. The highest BCUT2D eigenvalue weighted by Gasteiger charge is 2.29. The van der Waals surface area contributed by atoms with E-state index in [2.05, 4.69) is 0 Å². The van der Waals surface area contributed by atoms with Crippen LogP contribution in [0.15, 0.2) is 23.1 Å². The van der Waals surface area contributed by atoms with E-state index < -0.39 is 14.9 Å². The minimum atomic E-state index is -3.71. The van der Waals surface area contributed by atoms with E-state index in [1.807, 2.05) is 11.8 Å². The number of piperidine rings is 1. The van der Waals surface area contributed by atoms with Crippen LogP contribution < -0.4 is 10.6 Å². The van der Waals surface area contributed by atoms with Crippen molar-refractivity contribution in [1.82, 2.24) is 4.31 Å². The highest BCUT2D eigenvalue weighted by atomic mass is 32.2. The number of anilines is 1. The Morgan fingerprint density at radius 3 is 2.62 bits per heavy atom. The molecule has 0 radical (unpaired) electrons. The molecule has 0 amide bonds. The largest absolute Gasteiger partial charge is 0.366 e. The topological polar surface area (TPSA) is 110 Å². The average molecular weight is 356 g/mol. The van der Waals surface area contributed by atoms with Crippen LogP contribution in [0.4, 0.5) is 11.4 Å². The van der Waals surface area contributed by atoms with Crippen molar-refractivity contribution >= 4 is 21.4 Å². The third-order valence-electron chi connectivity index (χ3n) is 4.46. The molecule has 1 aliphatic heterocycles. The lowest BCUT2D eigenvalue weighted by molar-refractivity contribution is -0.384. The average Bonchev–Trinajstić information content (AvgIpc) is 2.54. The van der Waals surface area contributed by atoms with Crippen LogP contribution >= 0.6 is 0 Å². The third-order valence-corrected chi connectivity index (χ3v) is 6.28. The molecule has 0 spiro atoms. The highest BCUT2D eigenvalue weighted by Crippen LogP contribution is 2.34. The van der Waals surface area contributed by atoms with Gasteiger partial charge in [-0.3, -0.25) is 10.1 Å². The van der Waals surface area contributed by atoms with Crippen molar-refractivity contribution in [2.45, 2.75) is 30.7 Å². The number of nitrogens with zero attached hydrogens (tertiary/aromatic N) is 3. The summed E-state index contributed by atoms with van der Waals surface area (Å²) in [5.41, 5.74) is 6.23. The van der Waals surface area contributed by atoms with Crippen molar-refractivity contribution in [3.05, 3.63) is 28.3 Å². The molecule has 0 aromatic heterocycles. The molecule has 1 aliphatic rings. The summed E-state index contributed by atoms with van der Waals surface area (Å²) in [6.45, 7) is 3.28. The predicted molar refractivity (Wildman–Crippen MR) is 92.6 cm³/mol. The molecule has 1 aromatic carbocycles. The van der Waals surface area contributed by atoms with Gasteiger partial charge in [0.15, 0.2) is 0 Å². The number of nitro benzene ring substituents is 1. The smallest absolute Gasteiger partial charge is 0.293 e. The van der Waals surface area contributed by atoms with E-state index in [1.165, 1.54) is 26.2 Å². The molecule has 2 rings (SSSR count). The SMILES string of the molecule is CC(N)C1CCCN(c2ccc(S(=O)(=O)N(C)C)cc2[N+](=O)[O-])C1. The Morgan fingerprint density at radius 1 is 1.42 bits per heavy atom. The van der Waals surface area contributed by atoms with Gasteiger partial charge in [0.1, 0.15) is 5.69 Å². The zero-order valence-corrected chi connectivity index (χ0v) is 15.0. The van der Waals surface area contributed by atoms with Gasteiger partial charge in [0, 0.05) is 39.3 Å². The van der Waals surface area contributed by atoms with E-state index in [0.29, 0.717) is 18.8 Å². The molecule has 24 heavy (non-hydrogen) atoms. The van der Waals surface area contributed by atoms with E-state index in [-0.39, 0.29) is 22.5 Å². The van der Waals surface area contributed by atoms with Gasteiger partial charge in [-0.15, -0.1) is 0 Å². The molecule has 1 aromatic rings. The molecular weight excluding hydrogens is 332 g/mol. The van der Waals surface area contributed by atoms with Crippen LogP contribution in [0.5, 0.6) is 0 Å². The van der Waals surface area contributed by atoms with Gasteiger partial charge in [-0.1, -0.05) is 0 Å². The molecule has 2 unspecified atom stereocenters. The number of nitro groups is 1. The van der Waals surface area contributed by atoms with Crippen LogP contribution in [-0.4, -0.2) is 50.9 Å². The van der Waals surface area contributed by atoms with Gasteiger partial charge >= 0.3 is 0 Å². The Hall–Kier alpha value is -1.71. The molecule has 1 fully saturated rings. The Labute approximate surface area is 142 Å². The molecule has 0 bridgehead atoms. The molecular formula is C15H24N4O4S. The fraction of sp³-hybridized carbons (Fsp3) is 0.600. The molecule has 2 N–H and O–H groups in total. The summed E-state index contributed by atoms with van der Waals surface area (Å²) in [7, 11) is -0.923. The van der Waals surface area contributed by atoms with Crippen molar-refractivity contribution in [1.29, 1.82) is 0 Å². The predicted octanol–water partition coefficient (Wildman–Crippen LogP) is 1.41. The Bertz CT molecular complexity index is 718. The number of benzene rings is 1. The Balaban J connectivity index is 2.43. The summed E-state index contributed by atoms with van der Waals surface area (Å²) < 4.78 is 25.5. The number of rotatable bonds is 5. The molecule has 0 aliphatic carbocycles. The van der Waals surface area contributed by atoms with Crippen LogP contribution in [0.1, 0.15) is 19.8 Å². The lowest BCUT2D eigenvalue weighted by Crippen LogP contribution is -2.42. The first-order chi connectivity index (χ1) is 11.1. The monoisotopic (exact) mass is 356 g/mol. The molecule has 0 saturated carbocycles. The Morgan fingerprint density at radius 2 is 2.08 bits per heavy atom. The third kappa shape index (κ3) is 3.68. The number of hydrogen-bond acceptors (Lipinski definition) is 6. The van der Waals surface area contributed by atoms with E-state index in [4.69, 9.17) is 5.73 Å². The second-order valence-electron chi connectivity index (χ2n) is 6.40. The van der Waals surface area contributed by atoms with Crippen LogP contribution in [-0.2, 0) is 10.0 Å². The van der Waals surface area contributed by atoms with Gasteiger partial charge in [0.25, 0.3) is 5.69 Å². The summed E-state index contributed by atoms with van der Waals surface area (Å²) >= 11 is 0. The maximum absolute atomic E-state index is 12.2. The van der Waals surface area contributed by atoms with E-state index in [0.717, 1.165) is 23.2 Å². The van der Waals surface area contributed by atoms with Gasteiger partial charge in [-0.2, -0.15) is 0 Å². The van der Waals surface area contributed by atoms with Crippen LogP contribution in [0.3, 0.4) is 0 Å². The van der Waals surface area contributed by atoms with Crippen LogP contribution in [0, 0.1) is 16.0 Å². The standard InChI is InChI=1S/C15H24N4O4S/c1-11(16)12-5-4-8-18(10-12)14-7-6-13(9-15(14)19(20)21)24(22,23)17(2)3/h6-7,9,11-12H,4-5,8,10,16H2,1-3H3. The summed E-state index contributed by atoms with van der Waals surface area (Å²) in [6, 6.07) is 4.10. The van der Waals surface area contributed by atoms with Gasteiger partial charge in [0.05, 0.1) is 9.82 Å². The minimum Gasteiger partial charge on any atom is -0.366 e. The van der Waals surface area contributed by atoms with E-state index >= 15 is 0 Å².